The Kier molecular flexibility index (Phi) is 7.05. The minimum absolute atomic E-state index is 0.0296. The van der Waals surface area contributed by atoms with Crippen LogP contribution in [0, 0.1) is 12.8 Å². The van der Waals surface area contributed by atoms with Crippen molar-refractivity contribution in [3.8, 4) is 0 Å². The van der Waals surface area contributed by atoms with Crippen molar-refractivity contribution in [2.24, 2.45) is 11.7 Å². The lowest BCUT2D eigenvalue weighted by molar-refractivity contribution is -0.135. The molecule has 0 aliphatic carbocycles. The fraction of sp³-hybridized carbons (Fsp3) is 0.647. The van der Waals surface area contributed by atoms with Gasteiger partial charge >= 0.3 is 0 Å². The number of aryl methyl sites for hydroxylation is 2. The first-order valence-corrected chi connectivity index (χ1v) is 9.22. The van der Waals surface area contributed by atoms with E-state index in [-0.39, 0.29) is 17.7 Å². The van der Waals surface area contributed by atoms with Gasteiger partial charge in [0.25, 0.3) is 0 Å². The summed E-state index contributed by atoms with van der Waals surface area (Å²) in [4.78, 5) is 28.9. The van der Waals surface area contributed by atoms with Gasteiger partial charge in [0.05, 0.1) is 5.92 Å². The number of carbonyl (C=O) groups excluding carboxylic acids is 2. The minimum Gasteiger partial charge on any atom is -0.355 e. The average molecular weight is 337 g/mol. The number of nitrogens with two attached hydrogens (primary N) is 1. The maximum atomic E-state index is 12.4. The predicted molar refractivity (Wildman–Crippen MR) is 93.4 cm³/mol. The summed E-state index contributed by atoms with van der Waals surface area (Å²) in [7, 11) is 0. The first kappa shape index (κ1) is 17.9. The van der Waals surface area contributed by atoms with Crippen LogP contribution in [0.2, 0.25) is 0 Å². The molecular weight excluding hydrogens is 310 g/mol. The second-order valence-corrected chi connectivity index (χ2v) is 7.50. The van der Waals surface area contributed by atoms with Crippen molar-refractivity contribution in [1.29, 1.82) is 0 Å². The van der Waals surface area contributed by atoms with E-state index in [0.717, 1.165) is 32.2 Å². The fourth-order valence-electron chi connectivity index (χ4n) is 2.95. The van der Waals surface area contributed by atoms with E-state index < -0.39 is 0 Å². The SMILES string of the molecule is Cc1ccc(CCCC(=O)N2CCCC(C(=O)NCCN)C2)s1. The monoisotopic (exact) mass is 337 g/mol. The van der Waals surface area contributed by atoms with Crippen LogP contribution in [0.25, 0.3) is 0 Å². The minimum atomic E-state index is -0.0841. The molecule has 5 nitrogen and oxygen atoms in total. The van der Waals surface area contributed by atoms with Gasteiger partial charge < -0.3 is 16.0 Å². The molecule has 2 heterocycles. The molecule has 128 valence electrons. The Hall–Kier alpha value is -1.40. The molecule has 1 fully saturated rings. The van der Waals surface area contributed by atoms with Gasteiger partial charge in [-0.25, -0.2) is 0 Å². The maximum absolute atomic E-state index is 12.4. The lowest BCUT2D eigenvalue weighted by Crippen LogP contribution is -2.46. The predicted octanol–water partition coefficient (Wildman–Crippen LogP) is 1.69. The molecule has 23 heavy (non-hydrogen) atoms. The highest BCUT2D eigenvalue weighted by Crippen LogP contribution is 2.20. The zero-order valence-electron chi connectivity index (χ0n) is 13.8. The number of rotatable bonds is 7. The largest absolute Gasteiger partial charge is 0.355 e. The van der Waals surface area contributed by atoms with Crippen molar-refractivity contribution >= 4 is 23.2 Å². The topological polar surface area (TPSA) is 75.4 Å². The van der Waals surface area contributed by atoms with Gasteiger partial charge in [-0.2, -0.15) is 0 Å². The molecule has 1 saturated heterocycles. The van der Waals surface area contributed by atoms with Crippen LogP contribution in [0.5, 0.6) is 0 Å². The highest BCUT2D eigenvalue weighted by Gasteiger charge is 2.27. The second kappa shape index (κ2) is 9.03. The van der Waals surface area contributed by atoms with Crippen LogP contribution in [0.4, 0.5) is 0 Å². The number of thiophene rings is 1. The van der Waals surface area contributed by atoms with E-state index in [2.05, 4.69) is 24.4 Å². The Morgan fingerprint density at radius 3 is 2.96 bits per heavy atom. The van der Waals surface area contributed by atoms with Gasteiger partial charge in [-0.15, -0.1) is 11.3 Å². The molecule has 3 N–H and O–H groups in total. The van der Waals surface area contributed by atoms with E-state index in [0.29, 0.717) is 26.1 Å². The normalized spacial score (nSPS) is 18.0. The number of hydrogen-bond donors (Lipinski definition) is 2. The van der Waals surface area contributed by atoms with Crippen molar-refractivity contribution in [1.82, 2.24) is 10.2 Å². The number of likely N-dealkylation sites (tertiary alicyclic amines) is 1. The first-order chi connectivity index (χ1) is 11.1. The number of carbonyl (C=O) groups is 2. The Morgan fingerprint density at radius 2 is 2.26 bits per heavy atom. The van der Waals surface area contributed by atoms with E-state index in [1.54, 1.807) is 11.3 Å². The summed E-state index contributed by atoms with van der Waals surface area (Å²) in [5, 5.41) is 2.83. The van der Waals surface area contributed by atoms with E-state index in [1.165, 1.54) is 9.75 Å². The standard InChI is InChI=1S/C17H27N3O2S/c1-13-7-8-15(23-13)5-2-6-16(21)20-11-3-4-14(12-20)17(22)19-10-9-18/h7-8,14H,2-6,9-12,18H2,1H3,(H,19,22). The first-order valence-electron chi connectivity index (χ1n) is 8.41. The number of nitrogens with one attached hydrogen (secondary N) is 1. The van der Waals surface area contributed by atoms with Gasteiger partial charge in [0, 0.05) is 42.4 Å². The van der Waals surface area contributed by atoms with Gasteiger partial charge in [-0.05, 0) is 44.7 Å². The third kappa shape index (κ3) is 5.62. The molecule has 0 saturated carbocycles. The Morgan fingerprint density at radius 1 is 1.43 bits per heavy atom. The van der Waals surface area contributed by atoms with Gasteiger partial charge in [0.2, 0.25) is 11.8 Å². The Labute approximate surface area is 142 Å². The van der Waals surface area contributed by atoms with Crippen LogP contribution in [0.3, 0.4) is 0 Å². The maximum Gasteiger partial charge on any atom is 0.224 e. The molecule has 0 aromatic carbocycles. The summed E-state index contributed by atoms with van der Waals surface area (Å²) < 4.78 is 0. The molecule has 1 unspecified atom stereocenters. The van der Waals surface area contributed by atoms with Gasteiger partial charge in [-0.3, -0.25) is 9.59 Å². The fourth-order valence-corrected chi connectivity index (χ4v) is 3.88. The van der Waals surface area contributed by atoms with E-state index in [1.807, 2.05) is 4.90 Å². The summed E-state index contributed by atoms with van der Waals surface area (Å²) in [5.74, 6) is 0.121. The van der Waals surface area contributed by atoms with Crippen molar-refractivity contribution in [2.75, 3.05) is 26.2 Å². The number of hydrogen-bond acceptors (Lipinski definition) is 4. The smallest absolute Gasteiger partial charge is 0.224 e. The molecule has 6 heteroatoms. The average Bonchev–Trinajstić information content (AvgIpc) is 2.98. The Balaban J connectivity index is 1.74. The molecule has 2 amide bonds. The van der Waals surface area contributed by atoms with Crippen molar-refractivity contribution in [3.05, 3.63) is 21.9 Å². The molecule has 0 spiro atoms. The van der Waals surface area contributed by atoms with Gasteiger partial charge in [-0.1, -0.05) is 0 Å². The molecule has 1 aromatic rings. The zero-order chi connectivity index (χ0) is 16.7. The van der Waals surface area contributed by atoms with E-state index in [9.17, 15) is 9.59 Å². The van der Waals surface area contributed by atoms with E-state index in [4.69, 9.17) is 5.73 Å². The quantitative estimate of drug-likeness (QED) is 0.795. The molecule has 1 aromatic heterocycles. The van der Waals surface area contributed by atoms with Crippen LogP contribution < -0.4 is 11.1 Å². The summed E-state index contributed by atoms with van der Waals surface area (Å²) in [6.45, 7) is 4.38. The number of amides is 2. The second-order valence-electron chi connectivity index (χ2n) is 6.12. The van der Waals surface area contributed by atoms with Gasteiger partial charge in [0.15, 0.2) is 0 Å². The van der Waals surface area contributed by atoms with Crippen LogP contribution in [-0.2, 0) is 16.0 Å². The lowest BCUT2D eigenvalue weighted by atomic mass is 9.96. The molecular formula is C17H27N3O2S. The summed E-state index contributed by atoms with van der Waals surface area (Å²) >= 11 is 1.80. The van der Waals surface area contributed by atoms with Crippen LogP contribution >= 0.6 is 11.3 Å². The zero-order valence-corrected chi connectivity index (χ0v) is 14.7. The summed E-state index contributed by atoms with van der Waals surface area (Å²) in [5.41, 5.74) is 5.41. The summed E-state index contributed by atoms with van der Waals surface area (Å²) in [6.07, 6.45) is 4.15. The lowest BCUT2D eigenvalue weighted by Gasteiger charge is -2.32. The number of piperidine rings is 1. The van der Waals surface area contributed by atoms with Crippen molar-refractivity contribution in [3.63, 3.8) is 0 Å². The molecule has 1 atom stereocenters. The van der Waals surface area contributed by atoms with E-state index >= 15 is 0 Å². The molecule has 2 rings (SSSR count). The highest BCUT2D eigenvalue weighted by atomic mass is 32.1. The highest BCUT2D eigenvalue weighted by molar-refractivity contribution is 7.11. The van der Waals surface area contributed by atoms with Crippen molar-refractivity contribution < 1.29 is 9.59 Å². The summed E-state index contributed by atoms with van der Waals surface area (Å²) in [6, 6.07) is 4.26. The van der Waals surface area contributed by atoms with Crippen LogP contribution in [0.15, 0.2) is 12.1 Å². The molecule has 0 radical (unpaired) electrons. The Bertz CT molecular complexity index is 530. The van der Waals surface area contributed by atoms with Crippen molar-refractivity contribution in [2.45, 2.75) is 39.0 Å². The van der Waals surface area contributed by atoms with Crippen LogP contribution in [-0.4, -0.2) is 42.9 Å². The molecule has 0 bridgehead atoms. The molecule has 1 aliphatic heterocycles. The third-order valence-electron chi connectivity index (χ3n) is 4.20. The van der Waals surface area contributed by atoms with Crippen LogP contribution in [0.1, 0.15) is 35.4 Å². The van der Waals surface area contributed by atoms with Gasteiger partial charge in [0.1, 0.15) is 0 Å². The number of nitrogens with zero attached hydrogens (tertiary/aromatic N) is 1. The third-order valence-corrected chi connectivity index (χ3v) is 5.26. The molecule has 1 aliphatic rings.